The maximum absolute atomic E-state index is 6.00. The van der Waals surface area contributed by atoms with E-state index in [1.54, 1.807) is 0 Å². The normalized spacial score (nSPS) is 11.6. The molecule has 0 N–H and O–H groups in total. The highest BCUT2D eigenvalue weighted by atomic mass is 32.1. The van der Waals surface area contributed by atoms with Gasteiger partial charge in [-0.3, -0.25) is 0 Å². The number of ether oxygens (including phenoxy) is 2. The molecule has 1 aromatic heterocycles. The van der Waals surface area contributed by atoms with Gasteiger partial charge in [-0.25, -0.2) is 0 Å². The van der Waals surface area contributed by atoms with Crippen LogP contribution >= 0.6 is 11.3 Å². The second-order valence-electron chi connectivity index (χ2n) is 5.68. The Labute approximate surface area is 136 Å². The second kappa shape index (κ2) is 6.67. The van der Waals surface area contributed by atoms with Crippen molar-refractivity contribution in [2.45, 2.75) is 26.7 Å². The zero-order chi connectivity index (χ0) is 15.5. The van der Waals surface area contributed by atoms with Crippen LogP contribution in [0.2, 0.25) is 0 Å². The van der Waals surface area contributed by atoms with Gasteiger partial charge in [0.15, 0.2) is 0 Å². The minimum atomic E-state index is 0.551. The third kappa shape index (κ3) is 2.83. The third-order valence-corrected chi connectivity index (χ3v) is 5.11. The van der Waals surface area contributed by atoms with E-state index in [4.69, 9.17) is 9.47 Å². The Hall–Kier alpha value is -1.58. The molecular weight excluding hydrogens is 292 g/mol. The molecule has 0 radical (unpaired) electrons. The van der Waals surface area contributed by atoms with Gasteiger partial charge in [0.25, 0.3) is 0 Å². The Bertz CT molecular complexity index is 730. The lowest BCUT2D eigenvalue weighted by molar-refractivity contribution is 0.110. The molecule has 0 saturated carbocycles. The summed E-state index contributed by atoms with van der Waals surface area (Å²) in [7, 11) is 0. The van der Waals surface area contributed by atoms with Crippen LogP contribution in [0.5, 0.6) is 5.75 Å². The summed E-state index contributed by atoms with van der Waals surface area (Å²) in [5.74, 6) is 1.50. The standard InChI is InChI=1S/C19H22O2S/c1-4-20-9-10-21-17-8-6-5-7-14-11-15-16(18(14)17)12-22-19(15)13(2)3/h5-8,11-13H,4,9-10H2,1-3H3. The van der Waals surface area contributed by atoms with E-state index in [2.05, 4.69) is 43.5 Å². The van der Waals surface area contributed by atoms with Gasteiger partial charge < -0.3 is 9.47 Å². The molecule has 0 aliphatic heterocycles. The molecule has 1 aromatic rings. The zero-order valence-corrected chi connectivity index (χ0v) is 14.2. The van der Waals surface area contributed by atoms with Crippen molar-refractivity contribution in [3.05, 3.63) is 40.6 Å². The second-order valence-corrected chi connectivity index (χ2v) is 6.60. The van der Waals surface area contributed by atoms with Crippen LogP contribution in [-0.2, 0) is 4.74 Å². The van der Waals surface area contributed by atoms with Crippen molar-refractivity contribution < 1.29 is 9.47 Å². The summed E-state index contributed by atoms with van der Waals surface area (Å²) in [5, 5.41) is 4.95. The van der Waals surface area contributed by atoms with Crippen LogP contribution in [0, 0.1) is 0 Å². The van der Waals surface area contributed by atoms with Crippen molar-refractivity contribution in [2.24, 2.45) is 0 Å². The first kappa shape index (κ1) is 15.3. The fourth-order valence-electron chi connectivity index (χ4n) is 2.82. The van der Waals surface area contributed by atoms with E-state index >= 15 is 0 Å². The molecule has 0 spiro atoms. The van der Waals surface area contributed by atoms with Crippen molar-refractivity contribution in [2.75, 3.05) is 19.8 Å². The average Bonchev–Trinajstić information content (AvgIpc) is 2.98. The van der Waals surface area contributed by atoms with Crippen LogP contribution in [0.25, 0.3) is 21.9 Å². The van der Waals surface area contributed by atoms with E-state index in [1.165, 1.54) is 26.8 Å². The largest absolute Gasteiger partial charge is 0.491 e. The Morgan fingerprint density at radius 1 is 1.09 bits per heavy atom. The maximum atomic E-state index is 6.00. The molecule has 3 heteroatoms. The van der Waals surface area contributed by atoms with Crippen molar-refractivity contribution in [1.29, 1.82) is 0 Å². The summed E-state index contributed by atoms with van der Waals surface area (Å²) < 4.78 is 11.4. The summed E-state index contributed by atoms with van der Waals surface area (Å²) in [4.78, 5) is 1.45. The summed E-state index contributed by atoms with van der Waals surface area (Å²) in [6, 6.07) is 10.6. The SMILES string of the molecule is CCOCCOc1ccccc2cc3c(C(C)C)scc3c1-2. The molecule has 1 heterocycles. The van der Waals surface area contributed by atoms with Crippen molar-refractivity contribution in [3.63, 3.8) is 0 Å². The van der Waals surface area contributed by atoms with Gasteiger partial charge in [0.05, 0.1) is 6.61 Å². The number of rotatable bonds is 6. The Balaban J connectivity index is 2.04. The van der Waals surface area contributed by atoms with Gasteiger partial charge in [0.2, 0.25) is 0 Å². The number of fused-ring (bicyclic) bond motifs is 3. The molecule has 0 unspecified atom stereocenters. The first-order chi connectivity index (χ1) is 10.7. The summed E-state index contributed by atoms with van der Waals surface area (Å²) in [6.45, 7) is 8.44. The van der Waals surface area contributed by atoms with Gasteiger partial charge in [-0.15, -0.1) is 11.3 Å². The summed E-state index contributed by atoms with van der Waals surface area (Å²) >= 11 is 1.85. The van der Waals surface area contributed by atoms with Gasteiger partial charge in [-0.1, -0.05) is 32.0 Å². The zero-order valence-electron chi connectivity index (χ0n) is 13.4. The van der Waals surface area contributed by atoms with E-state index in [9.17, 15) is 0 Å². The summed E-state index contributed by atoms with van der Waals surface area (Å²) in [5.41, 5.74) is 2.47. The number of hydrogen-bond donors (Lipinski definition) is 0. The van der Waals surface area contributed by atoms with Crippen LogP contribution in [0.1, 0.15) is 31.6 Å². The van der Waals surface area contributed by atoms with Gasteiger partial charge in [0, 0.05) is 22.4 Å². The predicted molar refractivity (Wildman–Crippen MR) is 94.5 cm³/mol. The van der Waals surface area contributed by atoms with Crippen LogP contribution in [0.3, 0.4) is 0 Å². The molecule has 0 aromatic carbocycles. The Kier molecular flexibility index (Phi) is 4.65. The Morgan fingerprint density at radius 2 is 1.91 bits per heavy atom. The van der Waals surface area contributed by atoms with E-state index in [-0.39, 0.29) is 0 Å². The third-order valence-electron chi connectivity index (χ3n) is 3.81. The number of thiophene rings is 1. The van der Waals surface area contributed by atoms with Crippen LogP contribution in [0.15, 0.2) is 35.7 Å². The molecule has 116 valence electrons. The van der Waals surface area contributed by atoms with Crippen molar-refractivity contribution in [1.82, 2.24) is 0 Å². The molecule has 0 saturated heterocycles. The van der Waals surface area contributed by atoms with Gasteiger partial charge in [-0.2, -0.15) is 0 Å². The predicted octanol–water partition coefficient (Wildman–Crippen LogP) is 5.54. The lowest BCUT2D eigenvalue weighted by Gasteiger charge is -2.08. The van der Waals surface area contributed by atoms with E-state index in [0.29, 0.717) is 19.1 Å². The average molecular weight is 314 g/mol. The minimum absolute atomic E-state index is 0.551. The van der Waals surface area contributed by atoms with Gasteiger partial charge in [-0.05, 0) is 41.3 Å². The molecule has 2 aliphatic carbocycles. The van der Waals surface area contributed by atoms with Crippen molar-refractivity contribution in [3.8, 4) is 16.9 Å². The van der Waals surface area contributed by atoms with Crippen LogP contribution in [0.4, 0.5) is 0 Å². The number of hydrogen-bond acceptors (Lipinski definition) is 3. The van der Waals surface area contributed by atoms with Crippen molar-refractivity contribution >= 4 is 22.1 Å². The maximum Gasteiger partial charge on any atom is 0.127 e. The van der Waals surface area contributed by atoms with E-state index in [1.807, 2.05) is 24.3 Å². The minimum Gasteiger partial charge on any atom is -0.491 e. The van der Waals surface area contributed by atoms with Crippen LogP contribution in [-0.4, -0.2) is 19.8 Å². The highest BCUT2D eigenvalue weighted by molar-refractivity contribution is 7.11. The smallest absolute Gasteiger partial charge is 0.127 e. The molecule has 3 rings (SSSR count). The van der Waals surface area contributed by atoms with Crippen LogP contribution < -0.4 is 4.74 Å². The van der Waals surface area contributed by atoms with E-state index in [0.717, 1.165) is 12.4 Å². The lowest BCUT2D eigenvalue weighted by Crippen LogP contribution is -2.06. The van der Waals surface area contributed by atoms with Gasteiger partial charge >= 0.3 is 0 Å². The molecule has 0 fully saturated rings. The molecule has 2 aliphatic rings. The molecule has 0 amide bonds. The fourth-order valence-corrected chi connectivity index (χ4v) is 3.88. The fraction of sp³-hybridized carbons (Fsp3) is 0.368. The molecule has 22 heavy (non-hydrogen) atoms. The first-order valence-corrected chi connectivity index (χ1v) is 8.73. The summed E-state index contributed by atoms with van der Waals surface area (Å²) in [6.07, 6.45) is 0. The Morgan fingerprint density at radius 3 is 2.68 bits per heavy atom. The highest BCUT2D eigenvalue weighted by Gasteiger charge is 2.18. The molecular formula is C19H22O2S. The topological polar surface area (TPSA) is 18.5 Å². The first-order valence-electron chi connectivity index (χ1n) is 7.85. The molecule has 0 bridgehead atoms. The van der Waals surface area contributed by atoms with E-state index < -0.39 is 0 Å². The lowest BCUT2D eigenvalue weighted by atomic mass is 10.1. The monoisotopic (exact) mass is 314 g/mol. The molecule has 2 nitrogen and oxygen atoms in total. The quantitative estimate of drug-likeness (QED) is 0.556. The van der Waals surface area contributed by atoms with Gasteiger partial charge in [0.1, 0.15) is 12.4 Å². The molecule has 0 atom stereocenters. The highest BCUT2D eigenvalue weighted by Crippen LogP contribution is 2.45.